The second-order valence-corrected chi connectivity index (χ2v) is 3.02. The predicted molar refractivity (Wildman–Crippen MR) is 45.7 cm³/mol. The summed E-state index contributed by atoms with van der Waals surface area (Å²) in [7, 11) is 0. The minimum absolute atomic E-state index is 0.143. The third-order valence-electron chi connectivity index (χ3n) is 1.70. The summed E-state index contributed by atoms with van der Waals surface area (Å²) in [6, 6.07) is 2.27. The molecule has 84 valence electrons. The second-order valence-electron chi connectivity index (χ2n) is 3.02. The van der Waals surface area contributed by atoms with E-state index < -0.39 is 24.0 Å². The van der Waals surface area contributed by atoms with Gasteiger partial charge in [0.25, 0.3) is 0 Å². The molecular formula is C9H9F4NO. The number of halogens is 4. The molecular weight excluding hydrogens is 214 g/mol. The summed E-state index contributed by atoms with van der Waals surface area (Å²) < 4.78 is 52.0. The highest BCUT2D eigenvalue weighted by Gasteiger charge is 2.31. The van der Waals surface area contributed by atoms with Crippen LogP contribution in [0.4, 0.5) is 17.6 Å². The average Bonchev–Trinajstić information content (AvgIpc) is 1.99. The molecule has 0 radical (unpaired) electrons. The van der Waals surface area contributed by atoms with Crippen molar-refractivity contribution in [3.63, 3.8) is 0 Å². The van der Waals surface area contributed by atoms with E-state index in [1.54, 1.807) is 0 Å². The maximum absolute atomic E-state index is 13.1. The van der Waals surface area contributed by atoms with Crippen LogP contribution in [-0.2, 0) is 0 Å². The minimum atomic E-state index is -4.82. The first-order valence-electron chi connectivity index (χ1n) is 4.10. The lowest BCUT2D eigenvalue weighted by Crippen LogP contribution is -2.17. The molecule has 1 rings (SSSR count). The van der Waals surface area contributed by atoms with Crippen molar-refractivity contribution in [2.24, 2.45) is 5.73 Å². The zero-order valence-corrected chi connectivity index (χ0v) is 7.81. The van der Waals surface area contributed by atoms with Crippen molar-refractivity contribution in [3.05, 3.63) is 29.6 Å². The molecule has 0 aliphatic heterocycles. The van der Waals surface area contributed by atoms with E-state index >= 15 is 0 Å². The minimum Gasteiger partial charge on any atom is -0.406 e. The summed E-state index contributed by atoms with van der Waals surface area (Å²) in [5.74, 6) is -1.41. The molecule has 0 aliphatic rings. The van der Waals surface area contributed by atoms with Gasteiger partial charge in [0.15, 0.2) is 0 Å². The van der Waals surface area contributed by atoms with Crippen LogP contribution in [0.1, 0.15) is 18.5 Å². The quantitative estimate of drug-likeness (QED) is 0.782. The fraction of sp³-hybridized carbons (Fsp3) is 0.333. The van der Waals surface area contributed by atoms with Crippen LogP contribution < -0.4 is 10.5 Å². The van der Waals surface area contributed by atoms with E-state index in [2.05, 4.69) is 4.74 Å². The summed E-state index contributed by atoms with van der Waals surface area (Å²) in [5.41, 5.74) is 5.53. The third kappa shape index (κ3) is 3.39. The van der Waals surface area contributed by atoms with E-state index in [0.717, 1.165) is 6.07 Å². The van der Waals surface area contributed by atoms with Gasteiger partial charge in [-0.25, -0.2) is 4.39 Å². The molecule has 0 fully saturated rings. The first-order chi connectivity index (χ1) is 6.79. The van der Waals surface area contributed by atoms with Crippen molar-refractivity contribution in [2.75, 3.05) is 0 Å². The van der Waals surface area contributed by atoms with Gasteiger partial charge in [0.2, 0.25) is 0 Å². The highest BCUT2D eigenvalue weighted by molar-refractivity contribution is 5.30. The molecule has 1 aromatic rings. The fourth-order valence-electron chi connectivity index (χ4n) is 1.07. The number of ether oxygens (including phenoxy) is 1. The van der Waals surface area contributed by atoms with Gasteiger partial charge in [-0.3, -0.25) is 0 Å². The Kier molecular flexibility index (Phi) is 3.18. The van der Waals surface area contributed by atoms with Crippen LogP contribution in [0.15, 0.2) is 18.2 Å². The van der Waals surface area contributed by atoms with Crippen LogP contribution in [0, 0.1) is 5.82 Å². The number of nitrogens with two attached hydrogens (primary N) is 1. The average molecular weight is 223 g/mol. The summed E-state index contributed by atoms with van der Waals surface area (Å²) in [6.45, 7) is 1.53. The Morgan fingerprint density at radius 2 is 1.93 bits per heavy atom. The summed E-state index contributed by atoms with van der Waals surface area (Å²) in [4.78, 5) is 0. The van der Waals surface area contributed by atoms with E-state index in [1.807, 2.05) is 0 Å². The highest BCUT2D eigenvalue weighted by atomic mass is 19.4. The summed E-state index contributed by atoms with van der Waals surface area (Å²) >= 11 is 0. The Labute approximate surface area is 83.6 Å². The largest absolute Gasteiger partial charge is 0.573 e. The first-order valence-corrected chi connectivity index (χ1v) is 4.10. The smallest absolute Gasteiger partial charge is 0.406 e. The third-order valence-corrected chi connectivity index (χ3v) is 1.70. The van der Waals surface area contributed by atoms with Gasteiger partial charge in [0.05, 0.1) is 0 Å². The maximum atomic E-state index is 13.1. The van der Waals surface area contributed by atoms with Crippen molar-refractivity contribution in [1.82, 2.24) is 0 Å². The van der Waals surface area contributed by atoms with Gasteiger partial charge < -0.3 is 10.5 Å². The number of benzene rings is 1. The molecule has 1 aromatic carbocycles. The molecule has 0 aliphatic carbocycles. The molecule has 2 nitrogen and oxygen atoms in total. The molecule has 1 atom stereocenters. The standard InChI is InChI=1S/C9H9F4NO/c1-5(14)7-3-2-6(4-8(7)10)15-9(11,12)13/h2-5H,14H2,1H3/t5-/m1/s1. The molecule has 0 saturated carbocycles. The van der Waals surface area contributed by atoms with Gasteiger partial charge >= 0.3 is 6.36 Å². The molecule has 15 heavy (non-hydrogen) atoms. The van der Waals surface area contributed by atoms with Crippen molar-refractivity contribution in [1.29, 1.82) is 0 Å². The molecule has 2 N–H and O–H groups in total. The van der Waals surface area contributed by atoms with E-state index in [1.165, 1.54) is 13.0 Å². The Morgan fingerprint density at radius 3 is 2.33 bits per heavy atom. The molecule has 0 amide bonds. The summed E-state index contributed by atoms with van der Waals surface area (Å²) in [6.07, 6.45) is -4.82. The van der Waals surface area contributed by atoms with Crippen LogP contribution >= 0.6 is 0 Å². The van der Waals surface area contributed by atoms with Crippen LogP contribution in [0.5, 0.6) is 5.75 Å². The Morgan fingerprint density at radius 1 is 1.33 bits per heavy atom. The van der Waals surface area contributed by atoms with Gasteiger partial charge in [-0.15, -0.1) is 13.2 Å². The van der Waals surface area contributed by atoms with Crippen molar-refractivity contribution >= 4 is 0 Å². The van der Waals surface area contributed by atoms with Crippen molar-refractivity contribution < 1.29 is 22.3 Å². The van der Waals surface area contributed by atoms with Crippen molar-refractivity contribution in [2.45, 2.75) is 19.3 Å². The number of hydrogen-bond donors (Lipinski definition) is 1. The second kappa shape index (κ2) is 4.06. The van der Waals surface area contributed by atoms with Crippen molar-refractivity contribution in [3.8, 4) is 5.75 Å². The maximum Gasteiger partial charge on any atom is 0.573 e. The lowest BCUT2D eigenvalue weighted by Gasteiger charge is -2.11. The van der Waals surface area contributed by atoms with E-state index in [9.17, 15) is 17.6 Å². The fourth-order valence-corrected chi connectivity index (χ4v) is 1.07. The molecule has 0 bridgehead atoms. The molecule has 0 aromatic heterocycles. The van der Waals surface area contributed by atoms with E-state index in [4.69, 9.17) is 5.73 Å². The topological polar surface area (TPSA) is 35.2 Å². The predicted octanol–water partition coefficient (Wildman–Crippen LogP) is 2.74. The van der Waals surface area contributed by atoms with Crippen LogP contribution in [0.2, 0.25) is 0 Å². The van der Waals surface area contributed by atoms with Crippen LogP contribution in [-0.4, -0.2) is 6.36 Å². The first kappa shape index (κ1) is 11.8. The van der Waals surface area contributed by atoms with Crippen LogP contribution in [0.25, 0.3) is 0 Å². The van der Waals surface area contributed by atoms with Crippen LogP contribution in [0.3, 0.4) is 0 Å². The Balaban J connectivity index is 2.92. The van der Waals surface area contributed by atoms with Gasteiger partial charge in [0.1, 0.15) is 11.6 Å². The van der Waals surface area contributed by atoms with Gasteiger partial charge in [-0.05, 0) is 13.0 Å². The number of hydrogen-bond acceptors (Lipinski definition) is 2. The zero-order chi connectivity index (χ0) is 11.6. The molecule has 6 heteroatoms. The highest BCUT2D eigenvalue weighted by Crippen LogP contribution is 2.25. The zero-order valence-electron chi connectivity index (χ0n) is 7.81. The SMILES string of the molecule is C[C@@H](N)c1ccc(OC(F)(F)F)cc1F. The molecule has 0 saturated heterocycles. The normalized spacial score (nSPS) is 13.7. The molecule has 0 spiro atoms. The van der Waals surface area contributed by atoms with Gasteiger partial charge in [-0.2, -0.15) is 0 Å². The summed E-state index contributed by atoms with van der Waals surface area (Å²) in [5, 5.41) is 0. The van der Waals surface area contributed by atoms with E-state index in [-0.39, 0.29) is 5.56 Å². The Bertz CT molecular complexity index is 348. The number of alkyl halides is 3. The Hall–Kier alpha value is -1.30. The molecule has 0 heterocycles. The molecule has 0 unspecified atom stereocenters. The van der Waals surface area contributed by atoms with E-state index in [0.29, 0.717) is 6.07 Å². The lowest BCUT2D eigenvalue weighted by atomic mass is 10.1. The van der Waals surface area contributed by atoms with Gasteiger partial charge in [0, 0.05) is 17.7 Å². The lowest BCUT2D eigenvalue weighted by molar-refractivity contribution is -0.274. The number of rotatable bonds is 2. The van der Waals surface area contributed by atoms with Gasteiger partial charge in [-0.1, -0.05) is 6.07 Å². The monoisotopic (exact) mass is 223 g/mol.